The molecule has 6 nitrogen and oxygen atoms in total. The largest absolute Gasteiger partial charge is 0.397 e. The van der Waals surface area contributed by atoms with E-state index in [1.165, 1.54) is 5.69 Å². The number of ether oxygens (including phenoxy) is 1. The SMILES string of the molecule is C=C(N=C/C=C(\N)c1sc(C)nc1C)Nc1ccc(N2CCOCC2)cc1. The van der Waals surface area contributed by atoms with Crippen LogP contribution >= 0.6 is 11.3 Å². The molecule has 2 aromatic rings. The number of nitrogens with zero attached hydrogens (tertiary/aromatic N) is 3. The van der Waals surface area contributed by atoms with Gasteiger partial charge in [0.2, 0.25) is 0 Å². The molecule has 0 amide bonds. The molecule has 1 aliphatic heterocycles. The molecular weight excluding hydrogens is 358 g/mol. The number of allylic oxidation sites excluding steroid dienone is 1. The van der Waals surface area contributed by atoms with E-state index in [1.807, 2.05) is 26.0 Å². The molecule has 1 aliphatic rings. The molecule has 1 saturated heterocycles. The van der Waals surface area contributed by atoms with Crippen LogP contribution < -0.4 is 16.0 Å². The van der Waals surface area contributed by atoms with Gasteiger partial charge in [-0.1, -0.05) is 6.58 Å². The highest BCUT2D eigenvalue weighted by molar-refractivity contribution is 7.12. The quantitative estimate of drug-likeness (QED) is 0.746. The van der Waals surface area contributed by atoms with Gasteiger partial charge in [-0.25, -0.2) is 9.98 Å². The van der Waals surface area contributed by atoms with Crippen LogP contribution in [0.3, 0.4) is 0 Å². The molecule has 142 valence electrons. The molecule has 3 N–H and O–H groups in total. The number of morpholine rings is 1. The first-order valence-corrected chi connectivity index (χ1v) is 9.67. The summed E-state index contributed by atoms with van der Waals surface area (Å²) >= 11 is 1.58. The number of benzene rings is 1. The predicted octanol–water partition coefficient (Wildman–Crippen LogP) is 3.55. The van der Waals surface area contributed by atoms with Gasteiger partial charge in [0.25, 0.3) is 0 Å². The lowest BCUT2D eigenvalue weighted by molar-refractivity contribution is 0.122. The van der Waals surface area contributed by atoms with E-state index in [0.29, 0.717) is 11.5 Å². The third kappa shape index (κ3) is 5.18. The summed E-state index contributed by atoms with van der Waals surface area (Å²) in [4.78, 5) is 12.0. The topological polar surface area (TPSA) is 75.8 Å². The summed E-state index contributed by atoms with van der Waals surface area (Å²) in [5.74, 6) is 0.551. The zero-order valence-corrected chi connectivity index (χ0v) is 16.6. The van der Waals surface area contributed by atoms with Gasteiger partial charge in [-0.2, -0.15) is 0 Å². The molecule has 1 aromatic heterocycles. The van der Waals surface area contributed by atoms with Crippen LogP contribution in [0.2, 0.25) is 0 Å². The van der Waals surface area contributed by atoms with Gasteiger partial charge in [-0.15, -0.1) is 11.3 Å². The molecule has 0 spiro atoms. The van der Waals surface area contributed by atoms with Crippen molar-refractivity contribution in [3.8, 4) is 0 Å². The first-order chi connectivity index (χ1) is 13.0. The third-order valence-corrected chi connectivity index (χ3v) is 5.30. The second kappa shape index (κ2) is 8.83. The molecule has 1 aromatic carbocycles. The Hall–Kier alpha value is -2.64. The summed E-state index contributed by atoms with van der Waals surface area (Å²) in [6, 6.07) is 8.24. The Bertz CT molecular complexity index is 848. The van der Waals surface area contributed by atoms with Crippen LogP contribution in [0.5, 0.6) is 0 Å². The van der Waals surface area contributed by atoms with E-state index >= 15 is 0 Å². The standard InChI is InChI=1S/C20H25N5OS/c1-14-20(27-16(3)23-14)19(21)8-9-22-15(2)24-17-4-6-18(7-5-17)25-10-12-26-13-11-25/h4-9,24H,2,10-13,21H2,1,3H3/b19-8-,22-9?. The van der Waals surface area contributed by atoms with Gasteiger partial charge in [0, 0.05) is 30.7 Å². The lowest BCUT2D eigenvalue weighted by Crippen LogP contribution is -2.36. The molecule has 0 radical (unpaired) electrons. The van der Waals surface area contributed by atoms with E-state index in [2.05, 4.69) is 38.9 Å². The van der Waals surface area contributed by atoms with Crippen LogP contribution in [-0.2, 0) is 4.74 Å². The zero-order chi connectivity index (χ0) is 19.2. The van der Waals surface area contributed by atoms with Crippen molar-refractivity contribution in [2.75, 3.05) is 36.5 Å². The number of rotatable bonds is 6. The summed E-state index contributed by atoms with van der Waals surface area (Å²) in [7, 11) is 0. The number of aromatic nitrogens is 1. The number of nitrogens with two attached hydrogens (primary N) is 1. The average Bonchev–Trinajstić information content (AvgIpc) is 3.01. The first kappa shape index (κ1) is 19.1. The molecule has 2 heterocycles. The molecule has 0 unspecified atom stereocenters. The highest BCUT2D eigenvalue weighted by atomic mass is 32.1. The van der Waals surface area contributed by atoms with Crippen LogP contribution in [0, 0.1) is 13.8 Å². The van der Waals surface area contributed by atoms with Gasteiger partial charge in [-0.3, -0.25) is 0 Å². The van der Waals surface area contributed by atoms with Gasteiger partial charge in [-0.05, 0) is 44.2 Å². The first-order valence-electron chi connectivity index (χ1n) is 8.86. The van der Waals surface area contributed by atoms with E-state index in [-0.39, 0.29) is 0 Å². The van der Waals surface area contributed by atoms with Gasteiger partial charge in [0.15, 0.2) is 0 Å². The lowest BCUT2D eigenvalue weighted by atomic mass is 10.2. The van der Waals surface area contributed by atoms with Crippen molar-refractivity contribution in [2.45, 2.75) is 13.8 Å². The Labute approximate surface area is 164 Å². The second-order valence-corrected chi connectivity index (χ2v) is 7.47. The summed E-state index contributed by atoms with van der Waals surface area (Å²) < 4.78 is 5.39. The van der Waals surface area contributed by atoms with E-state index < -0.39 is 0 Å². The Kier molecular flexibility index (Phi) is 6.26. The van der Waals surface area contributed by atoms with Gasteiger partial charge in [0.1, 0.15) is 5.82 Å². The molecule has 3 rings (SSSR count). The maximum Gasteiger partial charge on any atom is 0.122 e. The number of aryl methyl sites for hydroxylation is 2. The molecule has 0 saturated carbocycles. The van der Waals surface area contributed by atoms with Gasteiger partial charge >= 0.3 is 0 Å². The number of hydrogen-bond donors (Lipinski definition) is 2. The Morgan fingerprint density at radius 3 is 2.63 bits per heavy atom. The van der Waals surface area contributed by atoms with Gasteiger partial charge < -0.3 is 20.7 Å². The molecule has 0 bridgehead atoms. The number of nitrogens with one attached hydrogen (secondary N) is 1. The summed E-state index contributed by atoms with van der Waals surface area (Å²) in [5, 5.41) is 4.19. The fraction of sp³-hybridized carbons (Fsp3) is 0.300. The minimum absolute atomic E-state index is 0.551. The maximum atomic E-state index is 6.11. The van der Waals surface area contributed by atoms with E-state index in [4.69, 9.17) is 10.5 Å². The second-order valence-electron chi connectivity index (χ2n) is 6.27. The van der Waals surface area contributed by atoms with Crippen molar-refractivity contribution < 1.29 is 4.74 Å². The molecule has 0 atom stereocenters. The smallest absolute Gasteiger partial charge is 0.122 e. The highest BCUT2D eigenvalue weighted by Gasteiger charge is 2.10. The van der Waals surface area contributed by atoms with Crippen LogP contribution in [-0.4, -0.2) is 37.5 Å². The van der Waals surface area contributed by atoms with Crippen LogP contribution in [0.15, 0.2) is 47.7 Å². The number of anilines is 2. The monoisotopic (exact) mass is 383 g/mol. The predicted molar refractivity (Wildman–Crippen MR) is 114 cm³/mol. The fourth-order valence-corrected chi connectivity index (χ4v) is 3.72. The Morgan fingerprint density at radius 1 is 1.30 bits per heavy atom. The molecule has 1 fully saturated rings. The normalized spacial score (nSPS) is 15.3. The van der Waals surface area contributed by atoms with Crippen LogP contribution in [0.25, 0.3) is 5.70 Å². The van der Waals surface area contributed by atoms with Crippen molar-refractivity contribution >= 4 is 34.6 Å². The minimum Gasteiger partial charge on any atom is -0.397 e. The van der Waals surface area contributed by atoms with Crippen molar-refractivity contribution in [1.82, 2.24) is 4.98 Å². The van der Waals surface area contributed by atoms with E-state index in [9.17, 15) is 0 Å². The lowest BCUT2D eigenvalue weighted by Gasteiger charge is -2.28. The van der Waals surface area contributed by atoms with Crippen molar-refractivity contribution in [2.24, 2.45) is 10.7 Å². The summed E-state index contributed by atoms with van der Waals surface area (Å²) in [6.45, 7) is 11.3. The fourth-order valence-electron chi connectivity index (χ4n) is 2.86. The molecular formula is C20H25N5OS. The van der Waals surface area contributed by atoms with Gasteiger partial charge in [0.05, 0.1) is 34.5 Å². The minimum atomic E-state index is 0.551. The summed E-state index contributed by atoms with van der Waals surface area (Å²) in [5.41, 5.74) is 9.85. The number of hydrogen-bond acceptors (Lipinski definition) is 7. The molecule has 27 heavy (non-hydrogen) atoms. The molecule has 7 heteroatoms. The molecule has 0 aliphatic carbocycles. The zero-order valence-electron chi connectivity index (χ0n) is 15.7. The van der Waals surface area contributed by atoms with E-state index in [1.54, 1.807) is 23.6 Å². The van der Waals surface area contributed by atoms with Crippen molar-refractivity contribution in [3.05, 3.63) is 58.3 Å². The van der Waals surface area contributed by atoms with Crippen LogP contribution in [0.1, 0.15) is 15.6 Å². The van der Waals surface area contributed by atoms with Crippen molar-refractivity contribution in [1.29, 1.82) is 0 Å². The highest BCUT2D eigenvalue weighted by Crippen LogP contribution is 2.22. The number of thiazole rings is 1. The van der Waals surface area contributed by atoms with E-state index in [0.717, 1.165) is 47.6 Å². The third-order valence-electron chi connectivity index (χ3n) is 4.18. The van der Waals surface area contributed by atoms with Crippen molar-refractivity contribution in [3.63, 3.8) is 0 Å². The Morgan fingerprint density at radius 2 is 2.00 bits per heavy atom. The van der Waals surface area contributed by atoms with Crippen LogP contribution in [0.4, 0.5) is 11.4 Å². The Balaban J connectivity index is 1.56. The number of aliphatic imine (C=N–C) groups is 1. The summed E-state index contributed by atoms with van der Waals surface area (Å²) in [6.07, 6.45) is 3.43. The maximum absolute atomic E-state index is 6.11. The average molecular weight is 384 g/mol.